The van der Waals surface area contributed by atoms with E-state index >= 15 is 0 Å². The summed E-state index contributed by atoms with van der Waals surface area (Å²) in [5, 5.41) is 0. The summed E-state index contributed by atoms with van der Waals surface area (Å²) in [4.78, 5) is 12.5. The standard InChI is InChI=1S/C12H16INO6S3/c1-4-20-12(15)8-5-9(13)10(6-11(8)21-2)14(22(16)17)7-23(3,18)19/h5-6H,4,7H2,1-3H3,(H,16,17). The van der Waals surface area contributed by atoms with Crippen LogP contribution in [0.2, 0.25) is 0 Å². The molecule has 0 amide bonds. The molecule has 1 aromatic rings. The van der Waals surface area contributed by atoms with Crippen molar-refractivity contribution in [2.45, 2.75) is 11.8 Å². The lowest BCUT2D eigenvalue weighted by Gasteiger charge is -2.21. The normalized spacial score (nSPS) is 12.7. The zero-order chi connectivity index (χ0) is 17.8. The molecular formula is C12H16INO6S3. The minimum absolute atomic E-state index is 0.228. The average molecular weight is 493 g/mol. The first-order valence-electron chi connectivity index (χ1n) is 6.21. The Morgan fingerprint density at radius 2 is 2.09 bits per heavy atom. The Hall–Kier alpha value is -0.370. The molecule has 23 heavy (non-hydrogen) atoms. The lowest BCUT2D eigenvalue weighted by molar-refractivity contribution is 0.0522. The van der Waals surface area contributed by atoms with Crippen molar-refractivity contribution in [2.24, 2.45) is 0 Å². The van der Waals surface area contributed by atoms with Crippen LogP contribution in [0, 0.1) is 3.57 Å². The fourth-order valence-corrected chi connectivity index (χ4v) is 5.02. The molecule has 1 atom stereocenters. The average Bonchev–Trinajstić information content (AvgIpc) is 2.43. The fraction of sp³-hybridized carbons (Fsp3) is 0.417. The monoisotopic (exact) mass is 493 g/mol. The highest BCUT2D eigenvalue weighted by Gasteiger charge is 2.23. The van der Waals surface area contributed by atoms with E-state index in [0.29, 0.717) is 14.0 Å². The quantitative estimate of drug-likeness (QED) is 0.269. The summed E-state index contributed by atoms with van der Waals surface area (Å²) >= 11 is 0.622. The molecule has 0 saturated carbocycles. The third-order valence-electron chi connectivity index (χ3n) is 2.57. The molecule has 0 fully saturated rings. The number of ether oxygens (including phenoxy) is 1. The lowest BCUT2D eigenvalue weighted by Crippen LogP contribution is -2.31. The maximum absolute atomic E-state index is 12.0. The second-order valence-corrected chi connectivity index (χ2v) is 9.41. The predicted octanol–water partition coefficient (Wildman–Crippen LogP) is 2.14. The van der Waals surface area contributed by atoms with Gasteiger partial charge in [-0.25, -0.2) is 17.4 Å². The maximum Gasteiger partial charge on any atom is 0.339 e. The molecule has 0 heterocycles. The van der Waals surface area contributed by atoms with Gasteiger partial charge in [0.2, 0.25) is 0 Å². The van der Waals surface area contributed by atoms with Gasteiger partial charge in [-0.3, -0.25) is 8.86 Å². The molecule has 0 aromatic heterocycles. The zero-order valence-electron chi connectivity index (χ0n) is 12.6. The number of thioether (sulfide) groups is 1. The van der Waals surface area contributed by atoms with Crippen LogP contribution in [-0.2, 0) is 25.8 Å². The summed E-state index contributed by atoms with van der Waals surface area (Å²) in [7, 11) is -3.52. The summed E-state index contributed by atoms with van der Waals surface area (Å²) < 4.78 is 50.2. The van der Waals surface area contributed by atoms with Gasteiger partial charge in [0.25, 0.3) is 11.3 Å². The molecule has 0 saturated heterocycles. The number of benzene rings is 1. The van der Waals surface area contributed by atoms with Crippen LogP contribution in [0.4, 0.5) is 5.69 Å². The lowest BCUT2D eigenvalue weighted by atomic mass is 10.2. The molecular weight excluding hydrogens is 477 g/mol. The highest BCUT2D eigenvalue weighted by atomic mass is 127. The van der Waals surface area contributed by atoms with Crippen molar-refractivity contribution in [3.63, 3.8) is 0 Å². The Bertz CT molecular complexity index is 722. The third kappa shape index (κ3) is 5.89. The van der Waals surface area contributed by atoms with Crippen molar-refractivity contribution < 1.29 is 26.7 Å². The number of halogens is 1. The van der Waals surface area contributed by atoms with E-state index in [9.17, 15) is 22.0 Å². The van der Waals surface area contributed by atoms with Gasteiger partial charge in [0, 0.05) is 14.7 Å². The Kier molecular flexibility index (Phi) is 7.77. The van der Waals surface area contributed by atoms with Gasteiger partial charge in [0.1, 0.15) is 5.88 Å². The van der Waals surface area contributed by atoms with Crippen LogP contribution in [0.3, 0.4) is 0 Å². The van der Waals surface area contributed by atoms with Crippen molar-refractivity contribution in [3.05, 3.63) is 21.3 Å². The zero-order valence-corrected chi connectivity index (χ0v) is 17.2. The molecule has 130 valence electrons. The van der Waals surface area contributed by atoms with Crippen LogP contribution in [0.15, 0.2) is 17.0 Å². The van der Waals surface area contributed by atoms with Crippen molar-refractivity contribution >= 4 is 67.1 Å². The first-order valence-corrected chi connectivity index (χ1v) is 11.6. The van der Waals surface area contributed by atoms with Gasteiger partial charge in [-0.1, -0.05) is 0 Å². The van der Waals surface area contributed by atoms with E-state index in [-0.39, 0.29) is 12.3 Å². The van der Waals surface area contributed by atoms with E-state index in [1.54, 1.807) is 13.2 Å². The SMILES string of the molecule is CCOC(=O)c1cc(I)c(N(CS(C)(=O)=O)S(=O)O)cc1SC. The number of nitrogens with zero attached hydrogens (tertiary/aromatic N) is 1. The molecule has 1 aromatic carbocycles. The Morgan fingerprint density at radius 3 is 2.52 bits per heavy atom. The van der Waals surface area contributed by atoms with Crippen molar-refractivity contribution in [2.75, 3.05) is 29.3 Å². The topological polar surface area (TPSA) is 101 Å². The highest BCUT2D eigenvalue weighted by Crippen LogP contribution is 2.32. The van der Waals surface area contributed by atoms with Crippen LogP contribution in [0.25, 0.3) is 0 Å². The predicted molar refractivity (Wildman–Crippen MR) is 99.9 cm³/mol. The van der Waals surface area contributed by atoms with Gasteiger partial charge in [-0.2, -0.15) is 0 Å². The van der Waals surface area contributed by atoms with Crippen LogP contribution < -0.4 is 4.31 Å². The van der Waals surface area contributed by atoms with Crippen LogP contribution >= 0.6 is 34.4 Å². The van der Waals surface area contributed by atoms with Gasteiger partial charge < -0.3 is 4.74 Å². The summed E-state index contributed by atoms with van der Waals surface area (Å²) in [6.45, 7) is 1.92. The van der Waals surface area contributed by atoms with Gasteiger partial charge in [0.15, 0.2) is 9.84 Å². The number of carbonyl (C=O) groups excluding carboxylic acids is 1. The van der Waals surface area contributed by atoms with Crippen molar-refractivity contribution in [3.8, 4) is 0 Å². The number of hydrogen-bond acceptors (Lipinski definition) is 6. The van der Waals surface area contributed by atoms with E-state index in [2.05, 4.69) is 0 Å². The molecule has 1 N–H and O–H groups in total. The largest absolute Gasteiger partial charge is 0.462 e. The molecule has 0 aliphatic carbocycles. The summed E-state index contributed by atoms with van der Waals surface area (Å²) in [6.07, 6.45) is 2.72. The molecule has 0 aliphatic rings. The molecule has 11 heteroatoms. The number of anilines is 1. The van der Waals surface area contributed by atoms with Crippen molar-refractivity contribution in [1.82, 2.24) is 0 Å². The third-order valence-corrected chi connectivity index (χ3v) is 5.81. The number of sulfone groups is 1. The minimum atomic E-state index is -3.52. The Balaban J connectivity index is 3.42. The molecule has 1 unspecified atom stereocenters. The second-order valence-electron chi connectivity index (χ2n) is 4.39. The van der Waals surface area contributed by atoms with E-state index in [0.717, 1.165) is 10.6 Å². The van der Waals surface area contributed by atoms with E-state index in [1.165, 1.54) is 23.9 Å². The van der Waals surface area contributed by atoms with Gasteiger partial charge in [-0.05, 0) is 47.9 Å². The smallest absolute Gasteiger partial charge is 0.339 e. The first kappa shape index (κ1) is 20.7. The van der Waals surface area contributed by atoms with Crippen molar-refractivity contribution in [1.29, 1.82) is 0 Å². The molecule has 1 rings (SSSR count). The second kappa shape index (κ2) is 8.65. The van der Waals surface area contributed by atoms with Crippen LogP contribution in [-0.4, -0.2) is 48.1 Å². The molecule has 7 nitrogen and oxygen atoms in total. The fourth-order valence-electron chi connectivity index (χ4n) is 1.68. The van der Waals surface area contributed by atoms with Gasteiger partial charge in [0.05, 0.1) is 17.9 Å². The molecule has 0 bridgehead atoms. The number of rotatable bonds is 7. The van der Waals surface area contributed by atoms with E-state index in [4.69, 9.17) is 4.74 Å². The highest BCUT2D eigenvalue weighted by molar-refractivity contribution is 14.1. The van der Waals surface area contributed by atoms with Gasteiger partial charge in [-0.15, -0.1) is 11.8 Å². The molecule has 0 aliphatic heterocycles. The number of hydrogen-bond donors (Lipinski definition) is 1. The maximum atomic E-state index is 12.0. The Morgan fingerprint density at radius 1 is 1.48 bits per heavy atom. The van der Waals surface area contributed by atoms with Crippen LogP contribution in [0.1, 0.15) is 17.3 Å². The van der Waals surface area contributed by atoms with E-state index < -0.39 is 32.9 Å². The molecule has 0 radical (unpaired) electrons. The summed E-state index contributed by atoms with van der Waals surface area (Å²) in [6, 6.07) is 3.03. The minimum Gasteiger partial charge on any atom is -0.462 e. The molecule has 0 spiro atoms. The number of esters is 1. The first-order chi connectivity index (χ1) is 10.6. The Labute approximate surface area is 155 Å². The van der Waals surface area contributed by atoms with E-state index in [1.807, 2.05) is 22.6 Å². The van der Waals surface area contributed by atoms with Gasteiger partial charge >= 0.3 is 5.97 Å². The van der Waals surface area contributed by atoms with Crippen LogP contribution in [0.5, 0.6) is 0 Å². The summed E-state index contributed by atoms with van der Waals surface area (Å²) in [5.74, 6) is -1.11. The number of carbonyl (C=O) groups is 1. The summed E-state index contributed by atoms with van der Waals surface area (Å²) in [5.41, 5.74) is 0.588.